The van der Waals surface area contributed by atoms with Crippen LogP contribution in [0.3, 0.4) is 0 Å². The second-order valence-electron chi connectivity index (χ2n) is 5.68. The van der Waals surface area contributed by atoms with Crippen LogP contribution in [0, 0.1) is 0 Å². The van der Waals surface area contributed by atoms with Gasteiger partial charge in [-0.2, -0.15) is 13.2 Å². The van der Waals surface area contributed by atoms with Crippen LogP contribution in [0.1, 0.15) is 46.0 Å². The van der Waals surface area contributed by atoms with Gasteiger partial charge in [0.1, 0.15) is 6.73 Å². The Kier molecular flexibility index (Phi) is 6.00. The molecule has 0 aromatic carbocycles. The quantitative estimate of drug-likeness (QED) is 0.601. The summed E-state index contributed by atoms with van der Waals surface area (Å²) >= 11 is 0. The lowest BCUT2D eigenvalue weighted by Crippen LogP contribution is -2.56. The number of hydrogen-bond donors (Lipinski definition) is 2. The molecule has 5 nitrogen and oxygen atoms in total. The van der Waals surface area contributed by atoms with E-state index in [0.717, 1.165) is 32.1 Å². The summed E-state index contributed by atoms with van der Waals surface area (Å²) in [5.41, 5.74) is -1.12. The molecule has 1 saturated carbocycles. The molecule has 1 rings (SSSR count). The van der Waals surface area contributed by atoms with Crippen molar-refractivity contribution in [1.82, 2.24) is 10.6 Å². The van der Waals surface area contributed by atoms with Gasteiger partial charge < -0.3 is 10.1 Å². The lowest BCUT2D eigenvalue weighted by molar-refractivity contribution is -0.200. The Morgan fingerprint density at radius 3 is 2.24 bits per heavy atom. The summed E-state index contributed by atoms with van der Waals surface area (Å²) in [6.45, 7) is 2.36. The van der Waals surface area contributed by atoms with Gasteiger partial charge in [-0.3, -0.25) is 10.1 Å². The highest BCUT2D eigenvalue weighted by atomic mass is 19.4. The van der Waals surface area contributed by atoms with Crippen molar-refractivity contribution in [3.63, 3.8) is 0 Å². The molecule has 21 heavy (non-hydrogen) atoms. The predicted octanol–water partition coefficient (Wildman–Crippen LogP) is 1.87. The number of esters is 1. The van der Waals surface area contributed by atoms with E-state index >= 15 is 0 Å². The lowest BCUT2D eigenvalue weighted by atomic mass is 9.94. The SMILES string of the molecule is CC(C)(NCOC(=O)C(F)(F)F)C(=O)NC1CCCCC1. The second-order valence-corrected chi connectivity index (χ2v) is 5.68. The number of carbonyl (C=O) groups is 2. The first-order chi connectivity index (χ1) is 9.63. The highest BCUT2D eigenvalue weighted by molar-refractivity contribution is 5.85. The van der Waals surface area contributed by atoms with E-state index < -0.39 is 24.4 Å². The first-order valence-electron chi connectivity index (χ1n) is 6.93. The van der Waals surface area contributed by atoms with Gasteiger partial charge in [-0.15, -0.1) is 0 Å². The van der Waals surface area contributed by atoms with Gasteiger partial charge in [0.15, 0.2) is 0 Å². The number of halogens is 3. The molecule has 1 fully saturated rings. The zero-order valence-electron chi connectivity index (χ0n) is 12.2. The molecule has 0 aliphatic heterocycles. The zero-order valence-corrected chi connectivity index (χ0v) is 12.2. The standard InChI is InChI=1S/C13H21F3N2O3/c1-12(2,17-8-21-11(20)13(14,15)16)10(19)18-9-6-4-3-5-7-9/h9,17H,3-8H2,1-2H3,(H,18,19). The van der Waals surface area contributed by atoms with Crippen molar-refractivity contribution in [2.45, 2.75) is 63.7 Å². The third-order valence-corrected chi connectivity index (χ3v) is 3.46. The molecule has 0 spiro atoms. The average Bonchev–Trinajstić information content (AvgIpc) is 2.38. The van der Waals surface area contributed by atoms with E-state index in [9.17, 15) is 22.8 Å². The smallest absolute Gasteiger partial charge is 0.443 e. The minimum Gasteiger partial charge on any atom is -0.443 e. The van der Waals surface area contributed by atoms with E-state index in [1.54, 1.807) is 0 Å². The Balaban J connectivity index is 2.37. The summed E-state index contributed by atoms with van der Waals surface area (Å²) < 4.78 is 39.9. The maximum atomic E-state index is 12.1. The Morgan fingerprint density at radius 2 is 1.71 bits per heavy atom. The van der Waals surface area contributed by atoms with Crippen LogP contribution in [0.4, 0.5) is 13.2 Å². The predicted molar refractivity (Wildman–Crippen MR) is 69.2 cm³/mol. The maximum Gasteiger partial charge on any atom is 0.490 e. The summed E-state index contributed by atoms with van der Waals surface area (Å²) in [5, 5.41) is 5.36. The average molecular weight is 310 g/mol. The molecular formula is C13H21F3N2O3. The summed E-state index contributed by atoms with van der Waals surface area (Å²) in [6.07, 6.45) is 0.0529. The van der Waals surface area contributed by atoms with Crippen LogP contribution in [-0.4, -0.2) is 36.4 Å². The first kappa shape index (κ1) is 17.7. The number of hydrogen-bond acceptors (Lipinski definition) is 4. The number of rotatable bonds is 5. The van der Waals surface area contributed by atoms with Crippen molar-refractivity contribution in [3.8, 4) is 0 Å². The van der Waals surface area contributed by atoms with Crippen LogP contribution in [0.15, 0.2) is 0 Å². The molecule has 8 heteroatoms. The molecule has 0 saturated heterocycles. The highest BCUT2D eigenvalue weighted by Crippen LogP contribution is 2.18. The van der Waals surface area contributed by atoms with Crippen LogP contribution in [-0.2, 0) is 14.3 Å². The van der Waals surface area contributed by atoms with Crippen molar-refractivity contribution in [2.75, 3.05) is 6.73 Å². The van der Waals surface area contributed by atoms with Crippen molar-refractivity contribution >= 4 is 11.9 Å². The fraction of sp³-hybridized carbons (Fsp3) is 0.846. The Bertz CT molecular complexity index is 377. The molecule has 0 radical (unpaired) electrons. The number of ether oxygens (including phenoxy) is 1. The van der Waals surface area contributed by atoms with Crippen LogP contribution >= 0.6 is 0 Å². The molecule has 1 amide bonds. The van der Waals surface area contributed by atoms with Gasteiger partial charge in [0.25, 0.3) is 0 Å². The molecule has 0 aromatic heterocycles. The Hall–Kier alpha value is -1.31. The van der Waals surface area contributed by atoms with E-state index in [0.29, 0.717) is 0 Å². The largest absolute Gasteiger partial charge is 0.490 e. The third-order valence-electron chi connectivity index (χ3n) is 3.46. The summed E-state index contributed by atoms with van der Waals surface area (Å²) in [7, 11) is 0. The molecule has 0 unspecified atom stereocenters. The van der Waals surface area contributed by atoms with Crippen LogP contribution < -0.4 is 10.6 Å². The van der Waals surface area contributed by atoms with Crippen molar-refractivity contribution < 1.29 is 27.5 Å². The van der Waals surface area contributed by atoms with E-state index in [-0.39, 0.29) is 11.9 Å². The minimum atomic E-state index is -5.03. The fourth-order valence-electron chi connectivity index (χ4n) is 2.06. The summed E-state index contributed by atoms with van der Waals surface area (Å²) in [6, 6.07) is 0.102. The number of alkyl halides is 3. The number of nitrogens with one attached hydrogen (secondary N) is 2. The summed E-state index contributed by atoms with van der Waals surface area (Å²) in [5.74, 6) is -2.60. The van der Waals surface area contributed by atoms with E-state index in [1.807, 2.05) is 0 Å². The summed E-state index contributed by atoms with van der Waals surface area (Å²) in [4.78, 5) is 22.6. The topological polar surface area (TPSA) is 67.4 Å². The van der Waals surface area contributed by atoms with Gasteiger partial charge >= 0.3 is 12.1 Å². The minimum absolute atomic E-state index is 0.102. The maximum absolute atomic E-state index is 12.1. The third kappa shape index (κ3) is 5.91. The van der Waals surface area contributed by atoms with E-state index in [2.05, 4.69) is 15.4 Å². The monoisotopic (exact) mass is 310 g/mol. The van der Waals surface area contributed by atoms with Crippen molar-refractivity contribution in [3.05, 3.63) is 0 Å². The van der Waals surface area contributed by atoms with Crippen molar-refractivity contribution in [1.29, 1.82) is 0 Å². The Morgan fingerprint density at radius 1 is 1.14 bits per heavy atom. The molecule has 0 bridgehead atoms. The van der Waals surface area contributed by atoms with Crippen LogP contribution in [0.25, 0.3) is 0 Å². The molecule has 0 aromatic rings. The molecule has 0 heterocycles. The van der Waals surface area contributed by atoms with Crippen molar-refractivity contribution in [2.24, 2.45) is 0 Å². The zero-order chi connectivity index (χ0) is 16.1. The molecular weight excluding hydrogens is 289 g/mol. The molecule has 2 N–H and O–H groups in total. The van der Waals surface area contributed by atoms with Crippen LogP contribution in [0.2, 0.25) is 0 Å². The normalized spacial score (nSPS) is 17.4. The molecule has 1 aliphatic rings. The van der Waals surface area contributed by atoms with Gasteiger partial charge in [0.05, 0.1) is 5.54 Å². The molecule has 0 atom stereocenters. The first-order valence-corrected chi connectivity index (χ1v) is 6.93. The van der Waals surface area contributed by atoms with E-state index in [4.69, 9.17) is 0 Å². The van der Waals surface area contributed by atoms with Gasteiger partial charge in [-0.05, 0) is 26.7 Å². The number of carbonyl (C=O) groups excluding carboxylic acids is 2. The van der Waals surface area contributed by atoms with Gasteiger partial charge in [-0.1, -0.05) is 19.3 Å². The van der Waals surface area contributed by atoms with Gasteiger partial charge in [0.2, 0.25) is 5.91 Å². The second kappa shape index (κ2) is 7.11. The molecule has 1 aliphatic carbocycles. The van der Waals surface area contributed by atoms with Gasteiger partial charge in [-0.25, -0.2) is 4.79 Å². The lowest BCUT2D eigenvalue weighted by Gasteiger charge is -2.30. The number of amides is 1. The van der Waals surface area contributed by atoms with Gasteiger partial charge in [0, 0.05) is 6.04 Å². The van der Waals surface area contributed by atoms with Crippen LogP contribution in [0.5, 0.6) is 0 Å². The Labute approximate surface area is 121 Å². The molecule has 122 valence electrons. The van der Waals surface area contributed by atoms with E-state index in [1.165, 1.54) is 13.8 Å². The fourth-order valence-corrected chi connectivity index (χ4v) is 2.06. The highest BCUT2D eigenvalue weighted by Gasteiger charge is 2.41.